The van der Waals surface area contributed by atoms with E-state index in [1.807, 2.05) is 0 Å². The van der Waals surface area contributed by atoms with E-state index in [1.165, 1.54) is 19.1 Å². The molecule has 0 atom stereocenters. The Bertz CT molecular complexity index is 364. The first-order chi connectivity index (χ1) is 7.02. The van der Waals surface area contributed by atoms with E-state index in [0.717, 1.165) is 6.07 Å². The van der Waals surface area contributed by atoms with Crippen LogP contribution in [-0.4, -0.2) is 12.6 Å². The van der Waals surface area contributed by atoms with Crippen molar-refractivity contribution in [2.45, 2.75) is 13.8 Å². The van der Waals surface area contributed by atoms with E-state index in [2.05, 4.69) is 0 Å². The second-order valence-corrected chi connectivity index (χ2v) is 3.18. The Morgan fingerprint density at radius 3 is 2.53 bits per heavy atom. The van der Waals surface area contributed by atoms with Gasteiger partial charge in [0.2, 0.25) is 0 Å². The summed E-state index contributed by atoms with van der Waals surface area (Å²) in [7, 11) is 0. The van der Waals surface area contributed by atoms with E-state index in [1.54, 1.807) is 6.92 Å². The molecule has 1 aromatic carbocycles. The maximum atomic E-state index is 13.0. The lowest BCUT2D eigenvalue weighted by molar-refractivity contribution is -0.131. The van der Waals surface area contributed by atoms with Crippen LogP contribution in [0.15, 0.2) is 18.2 Å². The number of rotatable bonds is 3. The molecule has 4 heteroatoms. The van der Waals surface area contributed by atoms with Crippen LogP contribution in [0.2, 0.25) is 0 Å². The van der Waals surface area contributed by atoms with Crippen LogP contribution >= 0.6 is 0 Å². The fourth-order valence-corrected chi connectivity index (χ4v) is 1.11. The SMILES string of the molecule is C[C](CF)c1cc(F)cc(OC(C)=O)c1. The number of carbonyl (C=O) groups is 1. The van der Waals surface area contributed by atoms with E-state index >= 15 is 0 Å². The third kappa shape index (κ3) is 3.31. The van der Waals surface area contributed by atoms with Crippen LogP contribution < -0.4 is 4.74 Å². The summed E-state index contributed by atoms with van der Waals surface area (Å²) in [6.45, 7) is 2.10. The van der Waals surface area contributed by atoms with Gasteiger partial charge in [0.1, 0.15) is 11.6 Å². The number of halogens is 2. The van der Waals surface area contributed by atoms with Gasteiger partial charge >= 0.3 is 5.97 Å². The molecule has 2 nitrogen and oxygen atoms in total. The Balaban J connectivity index is 2.99. The molecule has 81 valence electrons. The van der Waals surface area contributed by atoms with Gasteiger partial charge in [-0.05, 0) is 17.7 Å². The number of benzene rings is 1. The summed E-state index contributed by atoms with van der Waals surface area (Å²) in [5.74, 6) is -0.616. The van der Waals surface area contributed by atoms with Crippen LogP contribution in [0.1, 0.15) is 19.4 Å². The monoisotopic (exact) mass is 213 g/mol. The van der Waals surface area contributed by atoms with Gasteiger partial charge in [-0.2, -0.15) is 0 Å². The van der Waals surface area contributed by atoms with Gasteiger partial charge in [0, 0.05) is 18.9 Å². The van der Waals surface area contributed by atoms with Crippen LogP contribution in [0.3, 0.4) is 0 Å². The highest BCUT2D eigenvalue weighted by molar-refractivity contribution is 5.69. The number of carbonyl (C=O) groups excluding carboxylic acids is 1. The molecule has 0 fully saturated rings. The molecule has 0 amide bonds. The van der Waals surface area contributed by atoms with Crippen LogP contribution in [0.4, 0.5) is 8.78 Å². The Labute approximate surface area is 86.9 Å². The predicted molar refractivity (Wildman–Crippen MR) is 51.7 cm³/mol. The van der Waals surface area contributed by atoms with Gasteiger partial charge in [-0.3, -0.25) is 9.18 Å². The maximum Gasteiger partial charge on any atom is 0.308 e. The van der Waals surface area contributed by atoms with Gasteiger partial charge in [-0.15, -0.1) is 0 Å². The van der Waals surface area contributed by atoms with E-state index in [-0.39, 0.29) is 5.75 Å². The Kier molecular flexibility index (Phi) is 3.77. The third-order valence-corrected chi connectivity index (χ3v) is 1.83. The van der Waals surface area contributed by atoms with Gasteiger partial charge in [0.15, 0.2) is 0 Å². The second kappa shape index (κ2) is 4.87. The molecule has 0 bridgehead atoms. The van der Waals surface area contributed by atoms with Crippen molar-refractivity contribution in [2.75, 3.05) is 6.67 Å². The zero-order valence-electron chi connectivity index (χ0n) is 8.51. The second-order valence-electron chi connectivity index (χ2n) is 3.18. The van der Waals surface area contributed by atoms with E-state index < -0.39 is 18.5 Å². The maximum absolute atomic E-state index is 13.0. The van der Waals surface area contributed by atoms with Gasteiger partial charge in [-0.25, -0.2) is 4.39 Å². The minimum Gasteiger partial charge on any atom is -0.427 e. The molecule has 15 heavy (non-hydrogen) atoms. The van der Waals surface area contributed by atoms with Crippen LogP contribution in [0.25, 0.3) is 0 Å². The Hall–Kier alpha value is -1.45. The lowest BCUT2D eigenvalue weighted by Gasteiger charge is -2.09. The fraction of sp³-hybridized carbons (Fsp3) is 0.273. The molecule has 0 aromatic heterocycles. The molecule has 1 aromatic rings. The fourth-order valence-electron chi connectivity index (χ4n) is 1.11. The lowest BCUT2D eigenvalue weighted by atomic mass is 10.0. The van der Waals surface area contributed by atoms with Crippen molar-refractivity contribution < 1.29 is 18.3 Å². The number of alkyl halides is 1. The van der Waals surface area contributed by atoms with Crippen molar-refractivity contribution >= 4 is 5.97 Å². The highest BCUT2D eigenvalue weighted by Gasteiger charge is 2.10. The number of hydrogen-bond acceptors (Lipinski definition) is 2. The quantitative estimate of drug-likeness (QED) is 0.570. The van der Waals surface area contributed by atoms with Crippen molar-refractivity contribution in [2.24, 2.45) is 0 Å². The zero-order chi connectivity index (χ0) is 11.4. The van der Waals surface area contributed by atoms with Crippen LogP contribution in [0, 0.1) is 11.7 Å². The summed E-state index contributed by atoms with van der Waals surface area (Å²) in [6, 6.07) is 3.71. The van der Waals surface area contributed by atoms with Crippen molar-refractivity contribution in [1.82, 2.24) is 0 Å². The summed E-state index contributed by atoms with van der Waals surface area (Å²) in [5.41, 5.74) is 0.397. The first kappa shape index (κ1) is 11.6. The van der Waals surface area contributed by atoms with Crippen molar-refractivity contribution in [3.05, 3.63) is 35.5 Å². The molecule has 0 aliphatic rings. The standard InChI is InChI=1S/C11H11F2O2/c1-7(6-12)9-3-10(13)5-11(4-9)15-8(2)14/h3-5H,6H2,1-2H3. The Morgan fingerprint density at radius 2 is 2.00 bits per heavy atom. The molecule has 0 saturated heterocycles. The van der Waals surface area contributed by atoms with Gasteiger partial charge in [0.05, 0.1) is 6.67 Å². The molecular formula is C11H11F2O2. The van der Waals surface area contributed by atoms with Crippen LogP contribution in [0.5, 0.6) is 5.75 Å². The normalized spacial score (nSPS) is 10.5. The molecule has 0 heterocycles. The molecule has 0 N–H and O–H groups in total. The molecule has 0 unspecified atom stereocenters. The number of ether oxygens (including phenoxy) is 1. The third-order valence-electron chi connectivity index (χ3n) is 1.83. The van der Waals surface area contributed by atoms with E-state index in [4.69, 9.17) is 4.74 Å². The first-order valence-corrected chi connectivity index (χ1v) is 4.40. The van der Waals surface area contributed by atoms with Crippen molar-refractivity contribution in [3.63, 3.8) is 0 Å². The largest absolute Gasteiger partial charge is 0.427 e. The highest BCUT2D eigenvalue weighted by Crippen LogP contribution is 2.22. The summed E-state index contributed by atoms with van der Waals surface area (Å²) >= 11 is 0. The minimum atomic E-state index is -0.664. The average Bonchev–Trinajstić information content (AvgIpc) is 2.14. The van der Waals surface area contributed by atoms with Crippen molar-refractivity contribution in [3.8, 4) is 5.75 Å². The topological polar surface area (TPSA) is 26.3 Å². The van der Waals surface area contributed by atoms with Crippen LogP contribution in [-0.2, 0) is 4.79 Å². The molecule has 0 aliphatic heterocycles. The number of esters is 1. The van der Waals surface area contributed by atoms with Gasteiger partial charge in [0.25, 0.3) is 0 Å². The van der Waals surface area contributed by atoms with Gasteiger partial charge < -0.3 is 4.74 Å². The van der Waals surface area contributed by atoms with E-state index in [0.29, 0.717) is 11.5 Å². The zero-order valence-corrected chi connectivity index (χ0v) is 8.51. The highest BCUT2D eigenvalue weighted by atomic mass is 19.1. The summed E-state index contributed by atoms with van der Waals surface area (Å²) in [5, 5.41) is 0. The molecule has 0 saturated carbocycles. The molecule has 0 spiro atoms. The first-order valence-electron chi connectivity index (χ1n) is 4.40. The molecular weight excluding hydrogens is 202 g/mol. The summed E-state index contributed by atoms with van der Waals surface area (Å²) in [6.07, 6.45) is 0. The summed E-state index contributed by atoms with van der Waals surface area (Å²) in [4.78, 5) is 10.6. The smallest absolute Gasteiger partial charge is 0.308 e. The summed E-state index contributed by atoms with van der Waals surface area (Å²) < 4.78 is 30.1. The number of hydrogen-bond donors (Lipinski definition) is 0. The lowest BCUT2D eigenvalue weighted by Crippen LogP contribution is -2.04. The van der Waals surface area contributed by atoms with E-state index in [9.17, 15) is 13.6 Å². The average molecular weight is 213 g/mol. The molecule has 1 radical (unpaired) electrons. The van der Waals surface area contributed by atoms with Crippen molar-refractivity contribution in [1.29, 1.82) is 0 Å². The molecule has 0 aliphatic carbocycles. The Morgan fingerprint density at radius 1 is 1.33 bits per heavy atom. The van der Waals surface area contributed by atoms with Gasteiger partial charge in [-0.1, -0.05) is 6.92 Å². The molecule has 1 rings (SSSR count). The minimum absolute atomic E-state index is 0.0882. The predicted octanol–water partition coefficient (Wildman–Crippen LogP) is 2.66.